The molecule has 26 heavy (non-hydrogen) atoms. The summed E-state index contributed by atoms with van der Waals surface area (Å²) in [6, 6.07) is 8.77. The van der Waals surface area contributed by atoms with Gasteiger partial charge in [-0.05, 0) is 36.2 Å². The van der Waals surface area contributed by atoms with Crippen molar-refractivity contribution < 1.29 is 22.6 Å². The summed E-state index contributed by atoms with van der Waals surface area (Å²) >= 11 is 0. The molecule has 0 saturated heterocycles. The summed E-state index contributed by atoms with van der Waals surface area (Å²) in [6.07, 6.45) is -2.18. The fourth-order valence-corrected chi connectivity index (χ4v) is 1.90. The average molecular weight is 368 g/mol. The predicted molar refractivity (Wildman–Crippen MR) is 92.1 cm³/mol. The zero-order valence-corrected chi connectivity index (χ0v) is 14.1. The highest BCUT2D eigenvalue weighted by Crippen LogP contribution is 2.23. The van der Waals surface area contributed by atoms with E-state index in [4.69, 9.17) is 10.5 Å². The molecule has 0 amide bonds. The van der Waals surface area contributed by atoms with Gasteiger partial charge >= 0.3 is 6.36 Å². The third-order valence-corrected chi connectivity index (χ3v) is 3.04. The molecule has 0 spiro atoms. The second-order valence-corrected chi connectivity index (χ2v) is 5.25. The van der Waals surface area contributed by atoms with E-state index in [1.165, 1.54) is 24.3 Å². The van der Waals surface area contributed by atoms with Crippen molar-refractivity contribution in [1.82, 2.24) is 4.98 Å². The van der Waals surface area contributed by atoms with E-state index in [0.717, 1.165) is 12.0 Å². The molecule has 9 heteroatoms. The molecule has 0 aliphatic carbocycles. The van der Waals surface area contributed by atoms with Gasteiger partial charge in [0.25, 0.3) is 0 Å². The van der Waals surface area contributed by atoms with Gasteiger partial charge in [0.2, 0.25) is 5.88 Å². The SMILES string of the molecule is CCCOc1ccc(CN=C(N)Nc2ccc(OC(F)(F)F)cc2)cn1. The van der Waals surface area contributed by atoms with Crippen LogP contribution in [0.4, 0.5) is 18.9 Å². The van der Waals surface area contributed by atoms with Gasteiger partial charge in [0.15, 0.2) is 5.96 Å². The highest BCUT2D eigenvalue weighted by Gasteiger charge is 2.30. The van der Waals surface area contributed by atoms with Gasteiger partial charge in [0, 0.05) is 18.0 Å². The fourth-order valence-electron chi connectivity index (χ4n) is 1.90. The summed E-state index contributed by atoms with van der Waals surface area (Å²) in [5, 5.41) is 2.79. The second kappa shape index (κ2) is 8.93. The van der Waals surface area contributed by atoms with Crippen LogP contribution in [-0.4, -0.2) is 23.9 Å². The Kier molecular flexibility index (Phi) is 6.65. The van der Waals surface area contributed by atoms with Gasteiger partial charge in [-0.25, -0.2) is 9.98 Å². The highest BCUT2D eigenvalue weighted by atomic mass is 19.4. The van der Waals surface area contributed by atoms with Crippen molar-refractivity contribution in [3.8, 4) is 11.6 Å². The Morgan fingerprint density at radius 3 is 2.50 bits per heavy atom. The first kappa shape index (κ1) is 19.4. The molecule has 6 nitrogen and oxygen atoms in total. The average Bonchev–Trinajstić information content (AvgIpc) is 2.59. The molecule has 1 aromatic carbocycles. The molecular formula is C17H19F3N4O2. The molecule has 0 aliphatic rings. The van der Waals surface area contributed by atoms with Gasteiger partial charge in [-0.1, -0.05) is 13.0 Å². The third-order valence-electron chi connectivity index (χ3n) is 3.04. The van der Waals surface area contributed by atoms with E-state index in [-0.39, 0.29) is 11.7 Å². The Balaban J connectivity index is 1.87. The van der Waals surface area contributed by atoms with Crippen LogP contribution in [0, 0.1) is 0 Å². The van der Waals surface area contributed by atoms with Crippen LogP contribution in [0.15, 0.2) is 47.6 Å². The van der Waals surface area contributed by atoms with E-state index in [9.17, 15) is 13.2 Å². The lowest BCUT2D eigenvalue weighted by Gasteiger charge is -2.10. The molecule has 2 rings (SSSR count). The minimum atomic E-state index is -4.72. The number of pyridine rings is 1. The number of aliphatic imine (C=N–C) groups is 1. The van der Waals surface area contributed by atoms with Gasteiger partial charge in [-0.15, -0.1) is 13.2 Å². The number of alkyl halides is 3. The number of guanidine groups is 1. The van der Waals surface area contributed by atoms with Crippen LogP contribution in [0.1, 0.15) is 18.9 Å². The maximum Gasteiger partial charge on any atom is 0.573 e. The number of anilines is 1. The van der Waals surface area contributed by atoms with Crippen LogP contribution >= 0.6 is 0 Å². The van der Waals surface area contributed by atoms with Crippen LogP contribution in [0.5, 0.6) is 11.6 Å². The van der Waals surface area contributed by atoms with E-state index in [2.05, 4.69) is 20.0 Å². The zero-order valence-electron chi connectivity index (χ0n) is 14.1. The molecule has 0 radical (unpaired) electrons. The molecule has 140 valence electrons. The van der Waals surface area contributed by atoms with Gasteiger partial charge in [-0.2, -0.15) is 0 Å². The Bertz CT molecular complexity index is 716. The number of rotatable bonds is 7. The van der Waals surface area contributed by atoms with E-state index in [1.54, 1.807) is 12.3 Å². The van der Waals surface area contributed by atoms with E-state index in [0.29, 0.717) is 24.7 Å². The maximum atomic E-state index is 12.1. The molecule has 1 heterocycles. The minimum absolute atomic E-state index is 0.126. The van der Waals surface area contributed by atoms with Gasteiger partial charge in [0.05, 0.1) is 13.2 Å². The quantitative estimate of drug-likeness (QED) is 0.575. The Hall–Kier alpha value is -2.97. The second-order valence-electron chi connectivity index (χ2n) is 5.25. The fraction of sp³-hybridized carbons (Fsp3) is 0.294. The third kappa shape index (κ3) is 6.88. The van der Waals surface area contributed by atoms with Gasteiger partial charge < -0.3 is 20.5 Å². The minimum Gasteiger partial charge on any atom is -0.478 e. The number of aromatic nitrogens is 1. The number of nitrogens with two attached hydrogens (primary N) is 1. The van der Waals surface area contributed by atoms with Crippen molar-refractivity contribution in [2.24, 2.45) is 10.7 Å². The number of benzene rings is 1. The van der Waals surface area contributed by atoms with Crippen LogP contribution in [0.25, 0.3) is 0 Å². The van der Waals surface area contributed by atoms with E-state index in [1.807, 2.05) is 13.0 Å². The van der Waals surface area contributed by atoms with Crippen LogP contribution in [-0.2, 0) is 6.54 Å². The molecule has 0 atom stereocenters. The standard InChI is InChI=1S/C17H19F3N4O2/c1-2-9-25-15-8-3-12(10-22-15)11-23-16(21)24-13-4-6-14(7-5-13)26-17(18,19)20/h3-8,10H,2,9,11H2,1H3,(H3,21,23,24). The Morgan fingerprint density at radius 1 is 1.19 bits per heavy atom. The lowest BCUT2D eigenvalue weighted by Crippen LogP contribution is -2.22. The monoisotopic (exact) mass is 368 g/mol. The summed E-state index contributed by atoms with van der Waals surface area (Å²) in [7, 11) is 0. The normalized spacial score (nSPS) is 11.9. The molecule has 1 aromatic heterocycles. The van der Waals surface area contributed by atoms with Gasteiger partial charge in [0.1, 0.15) is 5.75 Å². The summed E-state index contributed by atoms with van der Waals surface area (Å²) in [5.74, 6) is 0.364. The number of nitrogens with one attached hydrogen (secondary N) is 1. The van der Waals surface area contributed by atoms with Crippen molar-refractivity contribution in [3.63, 3.8) is 0 Å². The van der Waals surface area contributed by atoms with E-state index < -0.39 is 6.36 Å². The predicted octanol–water partition coefficient (Wildman–Crippen LogP) is 3.70. The molecule has 0 fully saturated rings. The topological polar surface area (TPSA) is 81.8 Å². The number of hydrogen-bond acceptors (Lipinski definition) is 4. The van der Waals surface area contributed by atoms with Crippen molar-refractivity contribution in [1.29, 1.82) is 0 Å². The molecule has 0 unspecified atom stereocenters. The van der Waals surface area contributed by atoms with Crippen LogP contribution < -0.4 is 20.5 Å². The van der Waals surface area contributed by atoms with Crippen molar-refractivity contribution in [2.45, 2.75) is 26.3 Å². The maximum absolute atomic E-state index is 12.1. The first-order chi connectivity index (χ1) is 12.4. The molecular weight excluding hydrogens is 349 g/mol. The Morgan fingerprint density at radius 2 is 1.92 bits per heavy atom. The van der Waals surface area contributed by atoms with Gasteiger partial charge in [-0.3, -0.25) is 0 Å². The molecule has 0 bridgehead atoms. The first-order valence-corrected chi connectivity index (χ1v) is 7.86. The van der Waals surface area contributed by atoms with Crippen molar-refractivity contribution in [2.75, 3.05) is 11.9 Å². The van der Waals surface area contributed by atoms with Crippen molar-refractivity contribution >= 4 is 11.6 Å². The number of ether oxygens (including phenoxy) is 2. The number of hydrogen-bond donors (Lipinski definition) is 2. The molecule has 3 N–H and O–H groups in total. The van der Waals surface area contributed by atoms with Crippen LogP contribution in [0.2, 0.25) is 0 Å². The number of halogens is 3. The summed E-state index contributed by atoms with van der Waals surface area (Å²) in [6.45, 7) is 2.92. The zero-order chi connectivity index (χ0) is 19.0. The van der Waals surface area contributed by atoms with Crippen molar-refractivity contribution in [3.05, 3.63) is 48.2 Å². The summed E-state index contributed by atoms with van der Waals surface area (Å²) in [4.78, 5) is 8.31. The largest absolute Gasteiger partial charge is 0.573 e. The smallest absolute Gasteiger partial charge is 0.478 e. The van der Waals surface area contributed by atoms with E-state index >= 15 is 0 Å². The lowest BCUT2D eigenvalue weighted by molar-refractivity contribution is -0.274. The summed E-state index contributed by atoms with van der Waals surface area (Å²) in [5.41, 5.74) is 7.10. The number of nitrogens with zero attached hydrogens (tertiary/aromatic N) is 2. The van der Waals surface area contributed by atoms with Crippen LogP contribution in [0.3, 0.4) is 0 Å². The highest BCUT2D eigenvalue weighted by molar-refractivity contribution is 5.92. The Labute approximate surface area is 148 Å². The molecule has 0 aliphatic heterocycles. The summed E-state index contributed by atoms with van der Waals surface area (Å²) < 4.78 is 45.5. The molecule has 2 aromatic rings. The lowest BCUT2D eigenvalue weighted by atomic mass is 10.3. The molecule has 0 saturated carbocycles. The first-order valence-electron chi connectivity index (χ1n) is 7.86.